The number of ether oxygens (including phenoxy) is 3. The van der Waals surface area contributed by atoms with Gasteiger partial charge in [-0.3, -0.25) is 9.69 Å². The van der Waals surface area contributed by atoms with Gasteiger partial charge in [0, 0.05) is 19.5 Å². The van der Waals surface area contributed by atoms with Gasteiger partial charge in [0.15, 0.2) is 0 Å². The van der Waals surface area contributed by atoms with Gasteiger partial charge in [0.05, 0.1) is 31.0 Å². The van der Waals surface area contributed by atoms with Crippen molar-refractivity contribution in [2.45, 2.75) is 25.4 Å². The highest BCUT2D eigenvalue weighted by Crippen LogP contribution is 2.43. The Kier molecular flexibility index (Phi) is 5.21. The third-order valence-corrected chi connectivity index (χ3v) is 5.90. The van der Waals surface area contributed by atoms with Gasteiger partial charge in [0.1, 0.15) is 6.61 Å². The lowest BCUT2D eigenvalue weighted by atomic mass is 9.96. The summed E-state index contributed by atoms with van der Waals surface area (Å²) in [4.78, 5) is 29.6. The summed E-state index contributed by atoms with van der Waals surface area (Å²) in [5.74, 6) is -1.21. The fraction of sp³-hybridized carbons (Fsp3) is 0.333. The van der Waals surface area contributed by atoms with Crippen molar-refractivity contribution >= 4 is 12.0 Å². The molecule has 1 fully saturated rings. The van der Waals surface area contributed by atoms with Crippen LogP contribution in [-0.2, 0) is 32.2 Å². The van der Waals surface area contributed by atoms with Gasteiger partial charge >= 0.3 is 6.09 Å². The Hall–Kier alpha value is -3.16. The van der Waals surface area contributed by atoms with E-state index in [9.17, 15) is 9.59 Å². The molecule has 3 heterocycles. The first kappa shape index (κ1) is 19.8. The Balaban J connectivity index is 1.39. The van der Waals surface area contributed by atoms with Gasteiger partial charge in [-0.2, -0.15) is 0 Å². The largest absolute Gasteiger partial charge is 0.444 e. The van der Waals surface area contributed by atoms with Gasteiger partial charge in [-0.25, -0.2) is 4.79 Å². The number of amides is 2. The van der Waals surface area contributed by atoms with E-state index in [4.69, 9.17) is 14.2 Å². The summed E-state index contributed by atoms with van der Waals surface area (Å²) in [5.41, 5.74) is 2.99. The Morgan fingerprint density at radius 3 is 2.29 bits per heavy atom. The van der Waals surface area contributed by atoms with Crippen LogP contribution < -0.4 is 0 Å². The van der Waals surface area contributed by atoms with Crippen molar-refractivity contribution in [1.82, 2.24) is 9.80 Å². The maximum Gasteiger partial charge on any atom is 0.414 e. The first-order chi connectivity index (χ1) is 15.2. The van der Waals surface area contributed by atoms with Gasteiger partial charge < -0.3 is 19.1 Å². The molecule has 7 heteroatoms. The molecular weight excluding hydrogens is 396 g/mol. The number of benzene rings is 2. The quantitative estimate of drug-likeness (QED) is 0.761. The fourth-order valence-electron chi connectivity index (χ4n) is 4.41. The summed E-state index contributed by atoms with van der Waals surface area (Å²) in [5, 5.41) is 0. The molecule has 0 aliphatic carbocycles. The van der Waals surface area contributed by atoms with Crippen LogP contribution in [0.5, 0.6) is 0 Å². The second kappa shape index (κ2) is 8.17. The highest BCUT2D eigenvalue weighted by Gasteiger charge is 2.54. The number of fused-ring (bicyclic) bond motifs is 1. The topological polar surface area (TPSA) is 68.3 Å². The Morgan fingerprint density at radius 2 is 1.61 bits per heavy atom. The highest BCUT2D eigenvalue weighted by molar-refractivity contribution is 5.99. The zero-order chi connectivity index (χ0) is 21.3. The minimum Gasteiger partial charge on any atom is -0.444 e. The van der Waals surface area contributed by atoms with Gasteiger partial charge in [-0.15, -0.1) is 0 Å². The van der Waals surface area contributed by atoms with Crippen molar-refractivity contribution < 1.29 is 23.8 Å². The van der Waals surface area contributed by atoms with Gasteiger partial charge in [0.2, 0.25) is 5.79 Å². The summed E-state index contributed by atoms with van der Waals surface area (Å²) in [7, 11) is 0. The smallest absolute Gasteiger partial charge is 0.414 e. The summed E-state index contributed by atoms with van der Waals surface area (Å²) in [6.45, 7) is 2.19. The molecule has 7 nitrogen and oxygen atoms in total. The van der Waals surface area contributed by atoms with Crippen molar-refractivity contribution in [3.05, 3.63) is 83.1 Å². The number of hydrogen-bond donors (Lipinski definition) is 0. The van der Waals surface area contributed by atoms with Crippen LogP contribution in [0.4, 0.5) is 4.79 Å². The number of hydrogen-bond acceptors (Lipinski definition) is 5. The van der Waals surface area contributed by atoms with Crippen LogP contribution in [0.15, 0.2) is 71.9 Å². The lowest BCUT2D eigenvalue weighted by Gasteiger charge is -2.36. The Morgan fingerprint density at radius 1 is 0.968 bits per heavy atom. The van der Waals surface area contributed by atoms with Crippen molar-refractivity contribution in [3.63, 3.8) is 0 Å². The predicted molar refractivity (Wildman–Crippen MR) is 111 cm³/mol. The average Bonchev–Trinajstić information content (AvgIpc) is 3.39. The molecule has 2 aromatic carbocycles. The molecule has 1 saturated heterocycles. The normalized spacial score (nSPS) is 19.8. The first-order valence-corrected chi connectivity index (χ1v) is 10.5. The summed E-state index contributed by atoms with van der Waals surface area (Å²) in [6, 6.07) is 19.3. The molecule has 0 atom stereocenters. The van der Waals surface area contributed by atoms with Crippen LogP contribution in [0, 0.1) is 0 Å². The second-order valence-electron chi connectivity index (χ2n) is 7.86. The van der Waals surface area contributed by atoms with E-state index in [0.717, 1.165) is 11.1 Å². The van der Waals surface area contributed by atoms with Crippen LogP contribution in [0.25, 0.3) is 0 Å². The molecule has 0 saturated carbocycles. The molecule has 2 amide bonds. The van der Waals surface area contributed by atoms with E-state index >= 15 is 0 Å². The van der Waals surface area contributed by atoms with Crippen molar-refractivity contribution in [2.24, 2.45) is 0 Å². The molecule has 5 rings (SSSR count). The number of nitrogens with zero attached hydrogens (tertiary/aromatic N) is 2. The summed E-state index contributed by atoms with van der Waals surface area (Å²) in [6.07, 6.45) is -0.0597. The maximum absolute atomic E-state index is 13.4. The standard InChI is InChI=1S/C24H24N2O5/c27-22-21-20(16-25(22)15-18-7-3-1-4-8-18)26(12-11-24(21)30-13-14-31-24)23(28)29-17-19-9-5-2-6-10-19/h1-10H,11-17H2. The number of carbonyl (C=O) groups is 2. The first-order valence-electron chi connectivity index (χ1n) is 10.5. The molecule has 160 valence electrons. The maximum atomic E-state index is 13.4. The Bertz CT molecular complexity index is 999. The molecule has 0 radical (unpaired) electrons. The van der Waals surface area contributed by atoms with Crippen LogP contribution in [0.3, 0.4) is 0 Å². The van der Waals surface area contributed by atoms with Crippen molar-refractivity contribution in [1.29, 1.82) is 0 Å². The van der Waals surface area contributed by atoms with E-state index in [1.807, 2.05) is 60.7 Å². The van der Waals surface area contributed by atoms with Crippen LogP contribution in [-0.4, -0.2) is 53.9 Å². The lowest BCUT2D eigenvalue weighted by Crippen LogP contribution is -2.47. The zero-order valence-corrected chi connectivity index (χ0v) is 17.2. The van der Waals surface area contributed by atoms with Crippen LogP contribution in [0.1, 0.15) is 17.5 Å². The van der Waals surface area contributed by atoms with Gasteiger partial charge in [0.25, 0.3) is 5.91 Å². The zero-order valence-electron chi connectivity index (χ0n) is 17.2. The fourth-order valence-corrected chi connectivity index (χ4v) is 4.41. The number of carbonyl (C=O) groups excluding carboxylic acids is 2. The van der Waals surface area contributed by atoms with Gasteiger partial charge in [-0.1, -0.05) is 60.7 Å². The van der Waals surface area contributed by atoms with Crippen LogP contribution in [0.2, 0.25) is 0 Å². The van der Waals surface area contributed by atoms with Crippen molar-refractivity contribution in [3.8, 4) is 0 Å². The van der Waals surface area contributed by atoms with E-state index in [-0.39, 0.29) is 12.5 Å². The molecule has 0 unspecified atom stereocenters. The SMILES string of the molecule is O=C1C2=C(CN1Cc1ccccc1)N(C(=O)OCc1ccccc1)CCC21OCCO1. The summed E-state index contributed by atoms with van der Waals surface area (Å²) >= 11 is 0. The second-order valence-corrected chi connectivity index (χ2v) is 7.86. The minimum atomic E-state index is -1.06. The summed E-state index contributed by atoms with van der Waals surface area (Å²) < 4.78 is 17.4. The molecule has 1 spiro atoms. The van der Waals surface area contributed by atoms with Crippen LogP contribution >= 0.6 is 0 Å². The van der Waals surface area contributed by atoms with E-state index < -0.39 is 11.9 Å². The Labute approximate surface area is 180 Å². The molecule has 31 heavy (non-hydrogen) atoms. The molecule has 3 aliphatic heterocycles. The third kappa shape index (κ3) is 3.71. The molecular formula is C24H24N2O5. The molecule has 0 N–H and O–H groups in total. The molecule has 0 bridgehead atoms. The lowest BCUT2D eigenvalue weighted by molar-refractivity contribution is -0.152. The molecule has 3 aliphatic rings. The highest BCUT2D eigenvalue weighted by atomic mass is 16.7. The van der Waals surface area contributed by atoms with E-state index in [0.29, 0.717) is 50.5 Å². The van der Waals surface area contributed by atoms with E-state index in [1.54, 1.807) is 9.80 Å². The minimum absolute atomic E-state index is 0.152. The average molecular weight is 420 g/mol. The monoisotopic (exact) mass is 420 g/mol. The molecule has 2 aromatic rings. The van der Waals surface area contributed by atoms with Crippen molar-refractivity contribution in [2.75, 3.05) is 26.3 Å². The predicted octanol–water partition coefficient (Wildman–Crippen LogP) is 3.07. The van der Waals surface area contributed by atoms with E-state index in [2.05, 4.69) is 0 Å². The van der Waals surface area contributed by atoms with Gasteiger partial charge in [-0.05, 0) is 11.1 Å². The van der Waals surface area contributed by atoms with E-state index in [1.165, 1.54) is 0 Å². The number of rotatable bonds is 4. The molecule has 0 aromatic heterocycles. The third-order valence-electron chi connectivity index (χ3n) is 5.90.